The second kappa shape index (κ2) is 28.5. The summed E-state index contributed by atoms with van der Waals surface area (Å²) in [5, 5.41) is 23.2. The number of hydrogen-bond donors (Lipinski definition) is 6. The fourth-order valence-corrected chi connectivity index (χ4v) is 6.68. The van der Waals surface area contributed by atoms with Crippen molar-refractivity contribution in [3.8, 4) is 0 Å². The Morgan fingerprint density at radius 3 is 1.21 bits per heavy atom. The Bertz CT molecular complexity index is 2330. The summed E-state index contributed by atoms with van der Waals surface area (Å²) in [6.07, 6.45) is 13.1. The molecule has 16 nitrogen and oxygen atoms in total. The molecule has 6 rings (SSSR count). The van der Waals surface area contributed by atoms with Gasteiger partial charge in [0.1, 0.15) is 0 Å². The fourth-order valence-electron chi connectivity index (χ4n) is 6.46. The minimum absolute atomic E-state index is 0. The van der Waals surface area contributed by atoms with Gasteiger partial charge in [-0.15, -0.1) is 0 Å². The van der Waals surface area contributed by atoms with Crippen molar-refractivity contribution in [2.45, 2.75) is 71.6 Å². The number of rotatable bonds is 22. The molecule has 0 unspecified atom stereocenters. The van der Waals surface area contributed by atoms with Gasteiger partial charge in [0.25, 0.3) is 11.8 Å². The van der Waals surface area contributed by atoms with Gasteiger partial charge in [-0.2, -0.15) is 0 Å². The van der Waals surface area contributed by atoms with Crippen molar-refractivity contribution in [2.75, 3.05) is 22.9 Å². The van der Waals surface area contributed by atoms with E-state index in [1.807, 2.05) is 119 Å². The van der Waals surface area contributed by atoms with Crippen LogP contribution in [0.25, 0.3) is 0 Å². The number of unbranched alkanes of at least 4 members (excludes halogenated alkanes) is 6. The average molecular weight is 918 g/mol. The number of carbonyl (C=O) groups is 4. The smallest absolute Gasteiger partial charge is 0.254 e. The molecular formula is C49H57ClN10O6. The highest BCUT2D eigenvalue weighted by molar-refractivity contribution is 6.33. The standard InChI is InChI=1S/C24H26ClN5O3.C24H27N5O3.CH4/c25-20-12-7-8-13-21(20)30(19-10-4-3-5-11-19)24-27-16-18(17-28-24)23(32)26-15-9-2-1-6-14-22(31)29-33;30-22(28-32)15-9-1-2-10-16-25-23(31)19-17-26-24(27-18-19)29(20-11-5-3-6-12-20)21-13-7-4-8-14-21;/h3-5,7-8,10-13,16-17,33H,1-2,6,9,14-15H2,(H,26,32)(H,29,31);3-8,11-14,17-18,32H,1-2,9-10,15-16H2,(H,25,31)(H,28,30);1H4. The molecule has 0 bridgehead atoms. The first-order valence-electron chi connectivity index (χ1n) is 21.3. The molecule has 4 aromatic carbocycles. The van der Waals surface area contributed by atoms with E-state index in [1.54, 1.807) is 17.0 Å². The van der Waals surface area contributed by atoms with Crippen LogP contribution in [-0.2, 0) is 9.59 Å². The number of benzene rings is 4. The summed E-state index contributed by atoms with van der Waals surface area (Å²) in [7, 11) is 0. The normalized spacial score (nSPS) is 10.3. The average Bonchev–Trinajstić information content (AvgIpc) is 3.35. The zero-order valence-corrected chi connectivity index (χ0v) is 36.6. The van der Waals surface area contributed by atoms with Gasteiger partial charge in [0.15, 0.2) is 0 Å². The lowest BCUT2D eigenvalue weighted by atomic mass is 10.1. The maximum Gasteiger partial charge on any atom is 0.254 e. The topological polar surface area (TPSA) is 215 Å². The molecule has 0 atom stereocenters. The number of hydroxylamine groups is 2. The lowest BCUT2D eigenvalue weighted by molar-refractivity contribution is -0.130. The number of nitrogens with one attached hydrogen (secondary N) is 4. The highest BCUT2D eigenvalue weighted by atomic mass is 35.5. The summed E-state index contributed by atoms with van der Waals surface area (Å²) in [6, 6.07) is 36.7. The van der Waals surface area contributed by atoms with Crippen LogP contribution in [0.1, 0.15) is 92.4 Å². The second-order valence-corrected chi connectivity index (χ2v) is 15.0. The van der Waals surface area contributed by atoms with Gasteiger partial charge in [-0.05, 0) is 74.2 Å². The molecule has 2 heterocycles. The van der Waals surface area contributed by atoms with Gasteiger partial charge in [0.2, 0.25) is 23.7 Å². The van der Waals surface area contributed by atoms with Crippen LogP contribution in [-0.4, -0.2) is 67.1 Å². The summed E-state index contributed by atoms with van der Waals surface area (Å²) < 4.78 is 0. The second-order valence-electron chi connectivity index (χ2n) is 14.6. The van der Waals surface area contributed by atoms with Gasteiger partial charge in [0.05, 0.1) is 21.8 Å². The summed E-state index contributed by atoms with van der Waals surface area (Å²) in [5.74, 6) is -0.344. The number of carbonyl (C=O) groups excluding carboxylic acids is 4. The van der Waals surface area contributed by atoms with Crippen molar-refractivity contribution in [2.24, 2.45) is 0 Å². The monoisotopic (exact) mass is 916 g/mol. The molecule has 0 radical (unpaired) electrons. The third kappa shape index (κ3) is 16.4. The van der Waals surface area contributed by atoms with E-state index < -0.39 is 0 Å². The summed E-state index contributed by atoms with van der Waals surface area (Å²) in [5.41, 5.74) is 7.43. The zero-order chi connectivity index (χ0) is 46.1. The number of nitrogens with zero attached hydrogens (tertiary/aromatic N) is 6. The molecule has 6 N–H and O–H groups in total. The van der Waals surface area contributed by atoms with E-state index in [-0.39, 0.29) is 31.1 Å². The molecule has 66 heavy (non-hydrogen) atoms. The van der Waals surface area contributed by atoms with E-state index in [4.69, 9.17) is 22.0 Å². The van der Waals surface area contributed by atoms with E-state index >= 15 is 0 Å². The highest BCUT2D eigenvalue weighted by Crippen LogP contribution is 2.36. The van der Waals surface area contributed by atoms with Crippen LogP contribution in [0.5, 0.6) is 0 Å². The van der Waals surface area contributed by atoms with Gasteiger partial charge in [-0.25, -0.2) is 30.9 Å². The summed E-state index contributed by atoms with van der Waals surface area (Å²) in [4.78, 5) is 68.2. The first-order chi connectivity index (χ1) is 31.8. The molecule has 2 aromatic heterocycles. The lowest BCUT2D eigenvalue weighted by Crippen LogP contribution is -2.25. The Balaban J connectivity index is 0.000000284. The van der Waals surface area contributed by atoms with Gasteiger partial charge >= 0.3 is 0 Å². The number of amides is 4. The molecule has 346 valence electrons. The van der Waals surface area contributed by atoms with Crippen molar-refractivity contribution < 1.29 is 29.6 Å². The van der Waals surface area contributed by atoms with Gasteiger partial charge in [0, 0.05) is 67.8 Å². The van der Waals surface area contributed by atoms with Gasteiger partial charge < -0.3 is 10.6 Å². The van der Waals surface area contributed by atoms with E-state index in [0.717, 1.165) is 61.3 Å². The SMILES string of the molecule is C.O=C(CCCCCCNC(=O)c1cnc(N(c2ccccc2)c2ccccc2)nc1)NO.O=C(CCCCCCNC(=O)c1cnc(N(c2ccccc2)c2ccccc2Cl)nc1)NO. The Morgan fingerprint density at radius 2 is 0.818 bits per heavy atom. The van der Waals surface area contributed by atoms with Crippen LogP contribution in [0.3, 0.4) is 0 Å². The minimum atomic E-state index is -0.382. The van der Waals surface area contributed by atoms with E-state index in [0.29, 0.717) is 66.8 Å². The number of para-hydroxylation sites is 4. The van der Waals surface area contributed by atoms with Crippen molar-refractivity contribution in [3.05, 3.63) is 156 Å². The first kappa shape index (κ1) is 51.4. The van der Waals surface area contributed by atoms with Crippen molar-refractivity contribution in [1.82, 2.24) is 41.5 Å². The maximum absolute atomic E-state index is 12.4. The van der Waals surface area contributed by atoms with Crippen LogP contribution in [0.15, 0.2) is 140 Å². The van der Waals surface area contributed by atoms with Gasteiger partial charge in [-0.1, -0.05) is 111 Å². The lowest BCUT2D eigenvalue weighted by Gasteiger charge is -2.23. The zero-order valence-electron chi connectivity index (χ0n) is 35.9. The fraction of sp³-hybridized carbons (Fsp3) is 0.265. The van der Waals surface area contributed by atoms with Crippen LogP contribution < -0.4 is 31.4 Å². The predicted octanol–water partition coefficient (Wildman–Crippen LogP) is 9.55. The Kier molecular flexibility index (Phi) is 22.2. The molecular weight excluding hydrogens is 860 g/mol. The third-order valence-electron chi connectivity index (χ3n) is 9.82. The molecule has 0 aliphatic rings. The number of aromatic nitrogens is 4. The van der Waals surface area contributed by atoms with Crippen LogP contribution in [0.2, 0.25) is 5.02 Å². The van der Waals surface area contributed by atoms with Crippen LogP contribution >= 0.6 is 11.6 Å². The molecule has 17 heteroatoms. The number of halogens is 1. The van der Waals surface area contributed by atoms with Crippen LogP contribution in [0, 0.1) is 0 Å². The Morgan fingerprint density at radius 1 is 0.470 bits per heavy atom. The molecule has 0 aliphatic heterocycles. The Labute approximate surface area is 390 Å². The quantitative estimate of drug-likeness (QED) is 0.0213. The predicted molar refractivity (Wildman–Crippen MR) is 256 cm³/mol. The molecule has 4 amide bonds. The van der Waals surface area contributed by atoms with E-state index in [1.165, 1.54) is 24.8 Å². The molecule has 0 saturated heterocycles. The summed E-state index contributed by atoms with van der Waals surface area (Å²) >= 11 is 6.43. The molecule has 6 aromatic rings. The van der Waals surface area contributed by atoms with E-state index in [9.17, 15) is 19.2 Å². The highest BCUT2D eigenvalue weighted by Gasteiger charge is 2.19. The van der Waals surface area contributed by atoms with Crippen LogP contribution in [0.4, 0.5) is 34.6 Å². The number of anilines is 6. The maximum atomic E-state index is 12.4. The van der Waals surface area contributed by atoms with Crippen molar-refractivity contribution in [1.29, 1.82) is 0 Å². The summed E-state index contributed by atoms with van der Waals surface area (Å²) in [6.45, 7) is 1.05. The molecule has 0 fully saturated rings. The molecule has 0 aliphatic carbocycles. The third-order valence-corrected chi connectivity index (χ3v) is 10.1. The minimum Gasteiger partial charge on any atom is -0.352 e. The van der Waals surface area contributed by atoms with Crippen molar-refractivity contribution in [3.63, 3.8) is 0 Å². The van der Waals surface area contributed by atoms with Gasteiger partial charge in [-0.3, -0.25) is 39.4 Å². The largest absolute Gasteiger partial charge is 0.352 e. The van der Waals surface area contributed by atoms with Crippen molar-refractivity contribution >= 4 is 69.9 Å². The molecule has 0 saturated carbocycles. The molecule has 0 spiro atoms. The Hall–Kier alpha value is -7.27. The number of hydrogen-bond acceptors (Lipinski definition) is 12. The first-order valence-corrected chi connectivity index (χ1v) is 21.7. The van der Waals surface area contributed by atoms with E-state index in [2.05, 4.69) is 30.6 Å².